The third-order valence-corrected chi connectivity index (χ3v) is 23.8. The van der Waals surface area contributed by atoms with Crippen molar-refractivity contribution in [3.05, 3.63) is 0 Å². The van der Waals surface area contributed by atoms with E-state index < -0.39 is 25.2 Å². The maximum Gasteiger partial charge on any atom is 0.183 e. The molecular formula is C9H28N4Si4. The predicted octanol–water partition coefficient (Wildman–Crippen LogP) is 0.725. The monoisotopic (exact) mass is 304 g/mol. The molecule has 0 amide bonds. The molecule has 0 aromatic carbocycles. The zero-order valence-electron chi connectivity index (χ0n) is 12.6. The van der Waals surface area contributed by atoms with E-state index in [1.54, 1.807) is 0 Å². The van der Waals surface area contributed by atoms with Gasteiger partial charge in [-0.15, -0.1) is 0 Å². The number of nitrogens with zero attached hydrogens (tertiary/aromatic N) is 2. The zero-order valence-corrected chi connectivity index (χ0v) is 16.6. The number of hydrogen-bond acceptors (Lipinski definition) is 4. The summed E-state index contributed by atoms with van der Waals surface area (Å²) in [5.41, 5.74) is 0. The van der Waals surface area contributed by atoms with Gasteiger partial charge in [0.15, 0.2) is 25.2 Å². The molecule has 1 heterocycles. The molecule has 0 aromatic rings. The van der Waals surface area contributed by atoms with Gasteiger partial charge in [-0.25, -0.2) is 0 Å². The maximum absolute atomic E-state index is 3.98. The Bertz CT molecular complexity index is 260. The van der Waals surface area contributed by atoms with Crippen LogP contribution in [0.25, 0.3) is 0 Å². The average molecular weight is 305 g/mol. The quantitative estimate of drug-likeness (QED) is 0.753. The second-order valence-corrected chi connectivity index (χ2v) is 21.5. The van der Waals surface area contributed by atoms with E-state index >= 15 is 0 Å². The van der Waals surface area contributed by atoms with Crippen LogP contribution in [0.15, 0.2) is 0 Å². The fraction of sp³-hybridized carbons (Fsp3) is 1.00. The molecule has 0 spiro atoms. The summed E-state index contributed by atoms with van der Waals surface area (Å²) in [4.78, 5) is 2.30. The SMILES string of the molecule is CN(C)C[Si]N1[Si](C)(C)N[Si](C)(C)N[Si]1(C)C. The van der Waals surface area contributed by atoms with Crippen LogP contribution in [-0.2, 0) is 0 Å². The van der Waals surface area contributed by atoms with E-state index in [-0.39, 0.29) is 0 Å². The molecule has 2 N–H and O–H groups in total. The molecule has 8 heteroatoms. The number of nitrogens with one attached hydrogen (secondary N) is 2. The molecule has 17 heavy (non-hydrogen) atoms. The van der Waals surface area contributed by atoms with Crippen LogP contribution in [-0.4, -0.2) is 63.9 Å². The Hall–Kier alpha value is 0.708. The van der Waals surface area contributed by atoms with Crippen molar-refractivity contribution in [1.29, 1.82) is 0 Å². The van der Waals surface area contributed by atoms with Crippen molar-refractivity contribution in [3.8, 4) is 0 Å². The van der Waals surface area contributed by atoms with Crippen LogP contribution < -0.4 is 9.30 Å². The van der Waals surface area contributed by atoms with Crippen LogP contribution in [0.1, 0.15) is 0 Å². The van der Waals surface area contributed by atoms with Gasteiger partial charge < -0.3 is 18.1 Å². The van der Waals surface area contributed by atoms with Crippen LogP contribution in [0.2, 0.25) is 39.3 Å². The van der Waals surface area contributed by atoms with E-state index in [0.717, 1.165) is 9.68 Å². The molecule has 1 aliphatic heterocycles. The Labute approximate surface area is 113 Å². The van der Waals surface area contributed by atoms with Gasteiger partial charge in [-0.3, -0.25) is 0 Å². The minimum Gasteiger partial charge on any atom is -0.346 e. The van der Waals surface area contributed by atoms with Crippen molar-refractivity contribution in [2.24, 2.45) is 0 Å². The standard InChI is InChI=1S/C9H28N4Si4/c1-12(2)9-14-13-16(5,6)10-15(3,4)11-17(13,7)8/h10-11H,9H2,1-8H3. The Balaban J connectivity index is 2.86. The van der Waals surface area contributed by atoms with Crippen molar-refractivity contribution in [2.75, 3.05) is 20.3 Å². The van der Waals surface area contributed by atoms with E-state index in [1.165, 1.54) is 6.17 Å². The lowest BCUT2D eigenvalue weighted by Gasteiger charge is -2.57. The zero-order chi connectivity index (χ0) is 13.5. The van der Waals surface area contributed by atoms with Gasteiger partial charge in [-0.2, -0.15) is 0 Å². The summed E-state index contributed by atoms with van der Waals surface area (Å²) in [6, 6.07) is 0. The Morgan fingerprint density at radius 3 is 1.71 bits per heavy atom. The van der Waals surface area contributed by atoms with E-state index in [4.69, 9.17) is 0 Å². The van der Waals surface area contributed by atoms with Gasteiger partial charge in [0.1, 0.15) is 9.68 Å². The van der Waals surface area contributed by atoms with Crippen LogP contribution in [0, 0.1) is 0 Å². The average Bonchev–Trinajstić information content (AvgIpc) is 1.94. The molecule has 1 saturated heterocycles. The van der Waals surface area contributed by atoms with Gasteiger partial charge in [0.25, 0.3) is 0 Å². The summed E-state index contributed by atoms with van der Waals surface area (Å²) in [6.07, 6.45) is 1.18. The second-order valence-electron chi connectivity index (χ2n) is 6.72. The molecule has 0 saturated carbocycles. The summed E-state index contributed by atoms with van der Waals surface area (Å²) >= 11 is 0. The highest BCUT2D eigenvalue weighted by atomic mass is 28.5. The van der Waals surface area contributed by atoms with Crippen LogP contribution in [0.3, 0.4) is 0 Å². The highest BCUT2D eigenvalue weighted by Crippen LogP contribution is 2.22. The lowest BCUT2D eigenvalue weighted by Crippen LogP contribution is -2.89. The molecule has 1 rings (SSSR count). The second kappa shape index (κ2) is 5.00. The molecule has 0 aliphatic carbocycles. The minimum atomic E-state index is -1.43. The highest BCUT2D eigenvalue weighted by Gasteiger charge is 2.50. The summed E-state index contributed by atoms with van der Waals surface area (Å²) < 4.78 is 10.8. The third kappa shape index (κ3) is 4.10. The Morgan fingerprint density at radius 1 is 0.941 bits per heavy atom. The molecule has 0 bridgehead atoms. The third-order valence-electron chi connectivity index (χ3n) is 2.90. The molecule has 0 unspecified atom stereocenters. The Morgan fingerprint density at radius 2 is 1.35 bits per heavy atom. The lowest BCUT2D eigenvalue weighted by molar-refractivity contribution is 0.472. The molecule has 2 radical (unpaired) electrons. The van der Waals surface area contributed by atoms with E-state index in [2.05, 4.69) is 71.5 Å². The molecule has 0 atom stereocenters. The molecule has 4 nitrogen and oxygen atoms in total. The van der Waals surface area contributed by atoms with Crippen LogP contribution in [0.4, 0.5) is 0 Å². The molecular weight excluding hydrogens is 276 g/mol. The molecule has 1 fully saturated rings. The number of hydrogen-bond donors (Lipinski definition) is 2. The molecule has 1 aliphatic rings. The van der Waals surface area contributed by atoms with Crippen molar-refractivity contribution >= 4 is 34.9 Å². The minimum absolute atomic E-state index is 0.921. The first kappa shape index (κ1) is 15.8. The predicted molar refractivity (Wildman–Crippen MR) is 84.9 cm³/mol. The summed E-state index contributed by atoms with van der Waals surface area (Å²) in [5.74, 6) is 0. The fourth-order valence-corrected chi connectivity index (χ4v) is 28.5. The summed E-state index contributed by atoms with van der Waals surface area (Å²) in [6.45, 7) is 14.7. The first-order valence-corrected chi connectivity index (χ1v) is 16.3. The van der Waals surface area contributed by atoms with Gasteiger partial charge in [-0.05, 0) is 53.4 Å². The molecule has 0 aromatic heterocycles. The smallest absolute Gasteiger partial charge is 0.183 e. The highest BCUT2D eigenvalue weighted by molar-refractivity contribution is 7.07. The van der Waals surface area contributed by atoms with Crippen LogP contribution in [0.5, 0.6) is 0 Å². The van der Waals surface area contributed by atoms with Gasteiger partial charge in [0, 0.05) is 6.17 Å². The summed E-state index contributed by atoms with van der Waals surface area (Å²) in [7, 11) is 1.01. The van der Waals surface area contributed by atoms with E-state index in [1.807, 2.05) is 0 Å². The maximum atomic E-state index is 3.98. The molecule has 100 valence electrons. The van der Waals surface area contributed by atoms with Crippen molar-refractivity contribution in [2.45, 2.75) is 39.3 Å². The lowest BCUT2D eigenvalue weighted by atomic mass is 11.0. The van der Waals surface area contributed by atoms with Crippen LogP contribution >= 0.6 is 0 Å². The van der Waals surface area contributed by atoms with Crippen molar-refractivity contribution < 1.29 is 0 Å². The largest absolute Gasteiger partial charge is 0.346 e. The number of rotatable bonds is 3. The van der Waals surface area contributed by atoms with Crippen molar-refractivity contribution in [1.82, 2.24) is 18.1 Å². The first-order chi connectivity index (χ1) is 7.46. The van der Waals surface area contributed by atoms with Crippen molar-refractivity contribution in [3.63, 3.8) is 0 Å². The first-order valence-electron chi connectivity index (χ1n) is 6.24. The van der Waals surface area contributed by atoms with Gasteiger partial charge >= 0.3 is 0 Å². The topological polar surface area (TPSA) is 30.5 Å². The van der Waals surface area contributed by atoms with E-state index in [0.29, 0.717) is 0 Å². The normalized spacial score (nSPS) is 27.4. The van der Waals surface area contributed by atoms with Gasteiger partial charge in [-0.1, -0.05) is 0 Å². The fourth-order valence-electron chi connectivity index (χ4n) is 2.98. The van der Waals surface area contributed by atoms with Gasteiger partial charge in [0.05, 0.1) is 0 Å². The Kier molecular flexibility index (Phi) is 4.64. The van der Waals surface area contributed by atoms with E-state index in [9.17, 15) is 0 Å². The summed E-state index contributed by atoms with van der Waals surface area (Å²) in [5, 5.41) is 0. The van der Waals surface area contributed by atoms with Gasteiger partial charge in [0.2, 0.25) is 0 Å².